The highest BCUT2D eigenvalue weighted by Crippen LogP contribution is 2.33. The van der Waals surface area contributed by atoms with Gasteiger partial charge in [-0.15, -0.1) is 0 Å². The molecule has 1 aliphatic rings. The number of hydrogen-bond acceptors (Lipinski definition) is 2. The van der Waals surface area contributed by atoms with Crippen LogP contribution < -0.4 is 0 Å². The van der Waals surface area contributed by atoms with Crippen molar-refractivity contribution in [2.75, 3.05) is 13.1 Å². The van der Waals surface area contributed by atoms with E-state index in [0.717, 1.165) is 42.8 Å². The van der Waals surface area contributed by atoms with E-state index in [-0.39, 0.29) is 0 Å². The number of rotatable bonds is 4. The molecular weight excluding hydrogens is 344 g/mol. The van der Waals surface area contributed by atoms with E-state index in [4.69, 9.17) is 0 Å². The van der Waals surface area contributed by atoms with Gasteiger partial charge in [-0.05, 0) is 49.6 Å². The molecule has 0 bridgehead atoms. The molecule has 2 aromatic carbocycles. The predicted molar refractivity (Wildman–Crippen MR) is 102 cm³/mol. The quantitative estimate of drug-likeness (QED) is 0.700. The first-order chi connectivity index (χ1) is 13.1. The summed E-state index contributed by atoms with van der Waals surface area (Å²) in [5, 5.41) is 7.51. The normalized spacial score (nSPS) is 18.0. The van der Waals surface area contributed by atoms with Crippen molar-refractivity contribution in [2.24, 2.45) is 0 Å². The Kier molecular flexibility index (Phi) is 5.03. The molecule has 0 unspecified atom stereocenters. The summed E-state index contributed by atoms with van der Waals surface area (Å²) in [5.41, 5.74) is 5.52. The number of halogens is 2. The van der Waals surface area contributed by atoms with Gasteiger partial charge in [0.15, 0.2) is 11.6 Å². The number of aryl methyl sites for hydroxylation is 1. The summed E-state index contributed by atoms with van der Waals surface area (Å²) in [6.45, 7) is 4.55. The number of likely N-dealkylation sites (tertiary alicyclic amines) is 1. The summed E-state index contributed by atoms with van der Waals surface area (Å²) in [6.07, 6.45) is 4.06. The Morgan fingerprint density at radius 3 is 2.85 bits per heavy atom. The average Bonchev–Trinajstić information content (AvgIpc) is 3.15. The van der Waals surface area contributed by atoms with Crippen LogP contribution in [-0.4, -0.2) is 28.2 Å². The first-order valence-electron chi connectivity index (χ1n) is 9.37. The lowest BCUT2D eigenvalue weighted by atomic mass is 9.90. The fraction of sp³-hybridized carbons (Fsp3) is 0.318. The van der Waals surface area contributed by atoms with E-state index in [2.05, 4.69) is 46.3 Å². The zero-order chi connectivity index (χ0) is 18.8. The molecule has 1 saturated heterocycles. The molecule has 1 atom stereocenters. The second-order valence-electron chi connectivity index (χ2n) is 7.39. The van der Waals surface area contributed by atoms with Crippen LogP contribution in [0.5, 0.6) is 0 Å². The topological polar surface area (TPSA) is 31.9 Å². The number of H-pyrrole nitrogens is 1. The molecule has 0 amide bonds. The van der Waals surface area contributed by atoms with Crippen LogP contribution >= 0.6 is 0 Å². The van der Waals surface area contributed by atoms with Crippen molar-refractivity contribution >= 4 is 0 Å². The van der Waals surface area contributed by atoms with Crippen molar-refractivity contribution in [2.45, 2.75) is 32.2 Å². The van der Waals surface area contributed by atoms with E-state index in [0.29, 0.717) is 12.5 Å². The fourth-order valence-corrected chi connectivity index (χ4v) is 3.98. The highest BCUT2D eigenvalue weighted by Gasteiger charge is 2.25. The molecular formula is C22H23F2N3. The second kappa shape index (κ2) is 7.61. The first kappa shape index (κ1) is 17.9. The highest BCUT2D eigenvalue weighted by atomic mass is 19.2. The molecule has 27 heavy (non-hydrogen) atoms. The monoisotopic (exact) mass is 367 g/mol. The molecule has 1 fully saturated rings. The molecule has 3 nitrogen and oxygen atoms in total. The summed E-state index contributed by atoms with van der Waals surface area (Å²) in [6, 6.07) is 12.6. The lowest BCUT2D eigenvalue weighted by molar-refractivity contribution is 0.198. The van der Waals surface area contributed by atoms with Crippen molar-refractivity contribution in [3.8, 4) is 11.1 Å². The Bertz CT molecular complexity index is 935. The Balaban J connectivity index is 1.52. The third-order valence-corrected chi connectivity index (χ3v) is 5.30. The van der Waals surface area contributed by atoms with E-state index < -0.39 is 11.6 Å². The van der Waals surface area contributed by atoms with Gasteiger partial charge in [0.25, 0.3) is 0 Å². The van der Waals surface area contributed by atoms with Crippen LogP contribution in [0.15, 0.2) is 48.7 Å². The molecule has 0 saturated carbocycles. The van der Waals surface area contributed by atoms with Crippen LogP contribution in [0.2, 0.25) is 0 Å². The van der Waals surface area contributed by atoms with Gasteiger partial charge in [-0.1, -0.05) is 35.9 Å². The summed E-state index contributed by atoms with van der Waals surface area (Å²) < 4.78 is 26.7. The van der Waals surface area contributed by atoms with Gasteiger partial charge in [-0.2, -0.15) is 5.10 Å². The maximum atomic E-state index is 13.5. The fourth-order valence-electron chi connectivity index (χ4n) is 3.98. The van der Waals surface area contributed by atoms with Crippen molar-refractivity contribution in [1.82, 2.24) is 15.1 Å². The molecule has 0 radical (unpaired) electrons. The van der Waals surface area contributed by atoms with Gasteiger partial charge < -0.3 is 0 Å². The van der Waals surface area contributed by atoms with Gasteiger partial charge in [0.1, 0.15) is 0 Å². The van der Waals surface area contributed by atoms with E-state index in [1.807, 2.05) is 6.20 Å². The number of piperidine rings is 1. The lowest BCUT2D eigenvalue weighted by Gasteiger charge is -2.32. The lowest BCUT2D eigenvalue weighted by Crippen LogP contribution is -2.34. The summed E-state index contributed by atoms with van der Waals surface area (Å²) in [7, 11) is 0. The Morgan fingerprint density at radius 2 is 2.04 bits per heavy atom. The van der Waals surface area contributed by atoms with E-state index >= 15 is 0 Å². The molecule has 1 N–H and O–H groups in total. The first-order valence-corrected chi connectivity index (χ1v) is 9.37. The highest BCUT2D eigenvalue weighted by molar-refractivity contribution is 5.66. The number of hydrogen-bond donors (Lipinski definition) is 1. The number of aromatic amines is 1. The van der Waals surface area contributed by atoms with Gasteiger partial charge in [-0.25, -0.2) is 8.78 Å². The van der Waals surface area contributed by atoms with E-state index in [1.165, 1.54) is 23.3 Å². The number of nitrogens with one attached hydrogen (secondary N) is 1. The van der Waals surface area contributed by atoms with Crippen molar-refractivity contribution in [3.63, 3.8) is 0 Å². The van der Waals surface area contributed by atoms with Gasteiger partial charge in [0, 0.05) is 30.3 Å². The van der Waals surface area contributed by atoms with Gasteiger partial charge in [0.05, 0.1) is 6.20 Å². The van der Waals surface area contributed by atoms with Crippen LogP contribution in [0.4, 0.5) is 8.78 Å². The standard InChI is InChI=1S/C22H23F2N3/c1-15-4-2-5-17(10-15)19-12-25-26-22(19)18-6-3-9-27(14-18)13-16-7-8-20(23)21(24)11-16/h2,4-5,7-8,10-12,18H,3,6,9,13-14H2,1H3,(H,25,26)/t18-/m0/s1. The van der Waals surface area contributed by atoms with Gasteiger partial charge >= 0.3 is 0 Å². The largest absolute Gasteiger partial charge is 0.298 e. The van der Waals surface area contributed by atoms with Crippen LogP contribution in [0.3, 0.4) is 0 Å². The van der Waals surface area contributed by atoms with Crippen LogP contribution in [0.25, 0.3) is 11.1 Å². The van der Waals surface area contributed by atoms with Crippen molar-refractivity contribution < 1.29 is 8.78 Å². The predicted octanol–water partition coefficient (Wildman–Crippen LogP) is 5.04. The van der Waals surface area contributed by atoms with Gasteiger partial charge in [0.2, 0.25) is 0 Å². The maximum Gasteiger partial charge on any atom is 0.159 e. The summed E-state index contributed by atoms with van der Waals surface area (Å²) in [4.78, 5) is 2.31. The minimum Gasteiger partial charge on any atom is -0.298 e. The van der Waals surface area contributed by atoms with Crippen LogP contribution in [0, 0.1) is 18.6 Å². The maximum absolute atomic E-state index is 13.5. The molecule has 0 spiro atoms. The molecule has 140 valence electrons. The molecule has 0 aliphatic carbocycles. The Morgan fingerprint density at radius 1 is 1.15 bits per heavy atom. The van der Waals surface area contributed by atoms with Gasteiger partial charge in [-0.3, -0.25) is 10.00 Å². The minimum atomic E-state index is -0.796. The number of benzene rings is 2. The molecule has 1 aromatic heterocycles. The Hall–Kier alpha value is -2.53. The Labute approximate surface area is 158 Å². The van der Waals surface area contributed by atoms with E-state index in [9.17, 15) is 8.78 Å². The van der Waals surface area contributed by atoms with Crippen molar-refractivity contribution in [3.05, 3.63) is 77.1 Å². The smallest absolute Gasteiger partial charge is 0.159 e. The molecule has 5 heteroatoms. The van der Waals surface area contributed by atoms with Crippen molar-refractivity contribution in [1.29, 1.82) is 0 Å². The second-order valence-corrected chi connectivity index (χ2v) is 7.39. The summed E-state index contributed by atoms with van der Waals surface area (Å²) >= 11 is 0. The van der Waals surface area contributed by atoms with E-state index in [1.54, 1.807) is 6.07 Å². The zero-order valence-corrected chi connectivity index (χ0v) is 15.4. The molecule has 2 heterocycles. The molecule has 1 aliphatic heterocycles. The zero-order valence-electron chi connectivity index (χ0n) is 15.4. The third-order valence-electron chi connectivity index (χ3n) is 5.30. The third kappa shape index (κ3) is 3.93. The van der Waals surface area contributed by atoms with Crippen LogP contribution in [-0.2, 0) is 6.54 Å². The molecule has 3 aromatic rings. The summed E-state index contributed by atoms with van der Waals surface area (Å²) in [5.74, 6) is -1.23. The van der Waals surface area contributed by atoms with Crippen LogP contribution in [0.1, 0.15) is 35.6 Å². The number of nitrogens with zero attached hydrogens (tertiary/aromatic N) is 2. The molecule has 4 rings (SSSR count). The average molecular weight is 367 g/mol. The number of aromatic nitrogens is 2. The minimum absolute atomic E-state index is 0.349. The SMILES string of the molecule is Cc1cccc(-c2cn[nH]c2[C@H]2CCCN(Cc3ccc(F)c(F)c3)C2)c1.